The van der Waals surface area contributed by atoms with Crippen molar-refractivity contribution in [3.63, 3.8) is 0 Å². The zero-order chi connectivity index (χ0) is 27.5. The molecule has 2 N–H and O–H groups in total. The zero-order valence-corrected chi connectivity index (χ0v) is 23.0. The third-order valence-corrected chi connectivity index (χ3v) is 6.90. The number of carbonyl (C=O) groups is 2. The number of piperidine rings is 1. The van der Waals surface area contributed by atoms with Gasteiger partial charge in [0.2, 0.25) is 0 Å². The van der Waals surface area contributed by atoms with Gasteiger partial charge in [0.05, 0.1) is 15.6 Å². The fourth-order valence-corrected chi connectivity index (χ4v) is 4.39. The van der Waals surface area contributed by atoms with Crippen molar-refractivity contribution in [2.45, 2.75) is 44.8 Å². The van der Waals surface area contributed by atoms with Gasteiger partial charge >= 0.3 is 6.09 Å². The highest BCUT2D eigenvalue weighted by molar-refractivity contribution is 6.42. The molecule has 0 atom stereocenters. The summed E-state index contributed by atoms with van der Waals surface area (Å²) in [5.41, 5.74) is 0.196. The SMILES string of the molecule is CC(C)(C)OC(=O)N1CCC(O)(c2ccc(Oc3ccc(NC(=O)c4ccc(Cl)c(Cl)c4)cc3)cc2)CC1. The maximum Gasteiger partial charge on any atom is 0.410 e. The van der Waals surface area contributed by atoms with Crippen molar-refractivity contribution in [1.29, 1.82) is 0 Å². The Kier molecular flexibility index (Phi) is 8.21. The highest BCUT2D eigenvalue weighted by Crippen LogP contribution is 2.35. The number of aliphatic hydroxyl groups is 1. The molecular formula is C29H30Cl2N2O5. The Hall–Kier alpha value is -3.26. The number of rotatable bonds is 5. The van der Waals surface area contributed by atoms with Crippen molar-refractivity contribution < 1.29 is 24.2 Å². The summed E-state index contributed by atoms with van der Waals surface area (Å²) in [7, 11) is 0. The minimum atomic E-state index is -1.02. The Morgan fingerprint density at radius 3 is 2.03 bits per heavy atom. The van der Waals surface area contributed by atoms with Gasteiger partial charge in [-0.3, -0.25) is 4.79 Å². The molecule has 0 radical (unpaired) electrons. The summed E-state index contributed by atoms with van der Waals surface area (Å²) < 4.78 is 11.4. The van der Waals surface area contributed by atoms with Crippen LogP contribution in [0.25, 0.3) is 0 Å². The number of hydrogen-bond donors (Lipinski definition) is 2. The molecule has 4 rings (SSSR count). The van der Waals surface area contributed by atoms with Crippen LogP contribution in [0.3, 0.4) is 0 Å². The van der Waals surface area contributed by atoms with Crippen LogP contribution in [0.4, 0.5) is 10.5 Å². The predicted octanol–water partition coefficient (Wildman–Crippen LogP) is 7.26. The quantitative estimate of drug-likeness (QED) is 0.345. The van der Waals surface area contributed by atoms with Crippen LogP contribution in [0.1, 0.15) is 49.5 Å². The van der Waals surface area contributed by atoms with E-state index in [1.165, 1.54) is 6.07 Å². The van der Waals surface area contributed by atoms with Gasteiger partial charge in [0.1, 0.15) is 17.1 Å². The highest BCUT2D eigenvalue weighted by atomic mass is 35.5. The predicted molar refractivity (Wildman–Crippen MR) is 148 cm³/mol. The number of nitrogens with one attached hydrogen (secondary N) is 1. The van der Waals surface area contributed by atoms with Crippen LogP contribution in [0, 0.1) is 0 Å². The minimum absolute atomic E-state index is 0.303. The molecule has 0 aliphatic carbocycles. The molecule has 7 nitrogen and oxygen atoms in total. The van der Waals surface area contributed by atoms with Gasteiger partial charge in [-0.05, 0) is 93.8 Å². The number of hydrogen-bond acceptors (Lipinski definition) is 5. The minimum Gasteiger partial charge on any atom is -0.457 e. The van der Waals surface area contributed by atoms with Crippen molar-refractivity contribution >= 4 is 40.9 Å². The summed E-state index contributed by atoms with van der Waals surface area (Å²) in [5, 5.41) is 14.7. The summed E-state index contributed by atoms with van der Waals surface area (Å²) in [6.45, 7) is 6.33. The van der Waals surface area contributed by atoms with Crippen molar-refractivity contribution in [1.82, 2.24) is 4.90 Å². The maximum atomic E-state index is 12.5. The van der Waals surface area contributed by atoms with Crippen molar-refractivity contribution in [2.75, 3.05) is 18.4 Å². The molecule has 1 saturated heterocycles. The third-order valence-electron chi connectivity index (χ3n) is 6.16. The molecule has 0 bridgehead atoms. The third kappa shape index (κ3) is 6.98. The first-order valence-corrected chi connectivity index (χ1v) is 13.0. The van der Waals surface area contributed by atoms with Crippen LogP contribution in [-0.4, -0.2) is 40.7 Å². The molecule has 0 aromatic heterocycles. The number of halogens is 2. The molecule has 38 heavy (non-hydrogen) atoms. The second-order valence-corrected chi connectivity index (χ2v) is 11.0. The van der Waals surface area contributed by atoms with Crippen LogP contribution in [0.2, 0.25) is 10.0 Å². The van der Waals surface area contributed by atoms with Crippen molar-refractivity contribution in [3.05, 3.63) is 87.9 Å². The van der Waals surface area contributed by atoms with E-state index >= 15 is 0 Å². The Morgan fingerprint density at radius 1 is 0.895 bits per heavy atom. The highest BCUT2D eigenvalue weighted by Gasteiger charge is 2.36. The number of carbonyl (C=O) groups excluding carboxylic acids is 2. The Bertz CT molecular complexity index is 1300. The Balaban J connectivity index is 1.32. The van der Waals surface area contributed by atoms with Gasteiger partial charge in [-0.2, -0.15) is 0 Å². The molecular weight excluding hydrogens is 527 g/mol. The van der Waals surface area contributed by atoms with E-state index in [0.29, 0.717) is 58.7 Å². The van der Waals surface area contributed by atoms with Crippen LogP contribution >= 0.6 is 23.2 Å². The van der Waals surface area contributed by atoms with Crippen molar-refractivity contribution in [3.8, 4) is 11.5 Å². The second-order valence-electron chi connectivity index (χ2n) is 10.2. The largest absolute Gasteiger partial charge is 0.457 e. The van der Waals surface area contributed by atoms with E-state index < -0.39 is 11.2 Å². The lowest BCUT2D eigenvalue weighted by molar-refractivity contribution is -0.0356. The average molecular weight is 557 g/mol. The number of amides is 2. The number of likely N-dealkylation sites (tertiary alicyclic amines) is 1. The molecule has 2 amide bonds. The van der Waals surface area contributed by atoms with Crippen LogP contribution in [0.5, 0.6) is 11.5 Å². The lowest BCUT2D eigenvalue weighted by Gasteiger charge is -2.39. The van der Waals surface area contributed by atoms with E-state index in [9.17, 15) is 14.7 Å². The first-order valence-electron chi connectivity index (χ1n) is 12.3. The van der Waals surface area contributed by atoms with Gasteiger partial charge in [-0.1, -0.05) is 35.3 Å². The van der Waals surface area contributed by atoms with E-state index in [2.05, 4.69) is 5.32 Å². The molecule has 0 spiro atoms. The van der Waals surface area contributed by atoms with Gasteiger partial charge in [-0.15, -0.1) is 0 Å². The summed E-state index contributed by atoms with van der Waals surface area (Å²) >= 11 is 11.9. The molecule has 3 aromatic rings. The summed E-state index contributed by atoms with van der Waals surface area (Å²) in [6.07, 6.45) is 0.479. The van der Waals surface area contributed by atoms with E-state index in [1.807, 2.05) is 32.9 Å². The number of ether oxygens (including phenoxy) is 2. The molecule has 1 aliphatic heterocycles. The smallest absolute Gasteiger partial charge is 0.410 e. The number of nitrogens with zero attached hydrogens (tertiary/aromatic N) is 1. The first-order chi connectivity index (χ1) is 17.9. The summed E-state index contributed by atoms with van der Waals surface area (Å²) in [4.78, 5) is 26.4. The Morgan fingerprint density at radius 2 is 1.47 bits per heavy atom. The summed E-state index contributed by atoms with van der Waals surface area (Å²) in [6, 6.07) is 18.9. The van der Waals surface area contributed by atoms with Gasteiger partial charge in [0.15, 0.2) is 0 Å². The lowest BCUT2D eigenvalue weighted by Crippen LogP contribution is -2.46. The molecule has 1 aliphatic rings. The monoisotopic (exact) mass is 556 g/mol. The standard InChI is InChI=1S/C29H30Cl2N2O5/c1-28(2,3)38-27(35)33-16-14-29(36,15-17-33)20-5-9-22(10-6-20)37-23-11-7-21(8-12-23)32-26(34)19-4-13-24(30)25(31)18-19/h4-13,18,36H,14-17H2,1-3H3,(H,32,34). The number of anilines is 1. The van der Waals surface area contributed by atoms with Crippen molar-refractivity contribution in [2.24, 2.45) is 0 Å². The fraction of sp³-hybridized carbons (Fsp3) is 0.310. The van der Waals surface area contributed by atoms with Gasteiger partial charge in [0, 0.05) is 24.3 Å². The fourth-order valence-electron chi connectivity index (χ4n) is 4.09. The normalized spacial score (nSPS) is 15.1. The maximum absolute atomic E-state index is 12.5. The molecule has 200 valence electrons. The molecule has 1 fully saturated rings. The topological polar surface area (TPSA) is 88.1 Å². The van der Waals surface area contributed by atoms with E-state index in [1.54, 1.807) is 53.4 Å². The molecule has 0 unspecified atom stereocenters. The molecule has 0 saturated carbocycles. The zero-order valence-electron chi connectivity index (χ0n) is 21.5. The van der Waals surface area contributed by atoms with E-state index in [0.717, 1.165) is 5.56 Å². The van der Waals surface area contributed by atoms with E-state index in [4.69, 9.17) is 32.7 Å². The van der Waals surface area contributed by atoms with Crippen LogP contribution < -0.4 is 10.1 Å². The second kappa shape index (κ2) is 11.2. The molecule has 1 heterocycles. The molecule has 3 aromatic carbocycles. The van der Waals surface area contributed by atoms with Gasteiger partial charge < -0.3 is 24.8 Å². The van der Waals surface area contributed by atoms with Crippen LogP contribution in [-0.2, 0) is 10.3 Å². The van der Waals surface area contributed by atoms with E-state index in [-0.39, 0.29) is 12.0 Å². The van der Waals surface area contributed by atoms with Gasteiger partial charge in [-0.25, -0.2) is 4.79 Å². The van der Waals surface area contributed by atoms with Gasteiger partial charge in [0.25, 0.3) is 5.91 Å². The average Bonchev–Trinajstić information content (AvgIpc) is 2.86. The van der Waals surface area contributed by atoms with Crippen LogP contribution in [0.15, 0.2) is 66.7 Å². The lowest BCUT2D eigenvalue weighted by atomic mass is 9.84. The first kappa shape index (κ1) is 27.8. The summed E-state index contributed by atoms with van der Waals surface area (Å²) in [5.74, 6) is 0.897. The number of benzene rings is 3. The Labute approximate surface area is 232 Å². The molecule has 9 heteroatoms.